The fourth-order valence-corrected chi connectivity index (χ4v) is 3.17. The average Bonchev–Trinajstić information content (AvgIpc) is 3.33. The molecule has 2 amide bonds. The van der Waals surface area contributed by atoms with Gasteiger partial charge in [-0.15, -0.1) is 0 Å². The summed E-state index contributed by atoms with van der Waals surface area (Å²) < 4.78 is 0. The Morgan fingerprint density at radius 3 is 2.92 bits per heavy atom. The molecule has 0 saturated heterocycles. The third-order valence-electron chi connectivity index (χ3n) is 4.48. The van der Waals surface area contributed by atoms with E-state index in [9.17, 15) is 9.59 Å². The van der Waals surface area contributed by atoms with Crippen LogP contribution in [-0.2, 0) is 13.0 Å². The SMILES string of the molecule is O=C(c1n[nH]c2c1CN(C(=O)Nc1cccc(Cl)c1)CC2)C1CC1. The molecular formula is C17H17ClN4O2. The summed E-state index contributed by atoms with van der Waals surface area (Å²) in [5.41, 5.74) is 2.98. The van der Waals surface area contributed by atoms with Crippen molar-refractivity contribution in [2.75, 3.05) is 11.9 Å². The van der Waals surface area contributed by atoms with Crippen LogP contribution in [0.2, 0.25) is 5.02 Å². The van der Waals surface area contributed by atoms with Crippen LogP contribution in [0.15, 0.2) is 24.3 Å². The molecule has 7 heteroatoms. The van der Waals surface area contributed by atoms with E-state index >= 15 is 0 Å². The van der Waals surface area contributed by atoms with Crippen LogP contribution in [0.3, 0.4) is 0 Å². The second-order valence-electron chi connectivity index (χ2n) is 6.28. The maximum absolute atomic E-state index is 12.5. The van der Waals surface area contributed by atoms with Gasteiger partial charge >= 0.3 is 6.03 Å². The van der Waals surface area contributed by atoms with Crippen LogP contribution in [0.4, 0.5) is 10.5 Å². The first-order chi connectivity index (χ1) is 11.6. The minimum atomic E-state index is -0.200. The molecular weight excluding hydrogens is 328 g/mol. The number of hydrogen-bond acceptors (Lipinski definition) is 3. The number of Topliss-reactive ketones (excluding diaryl/α,β-unsaturated/α-hetero) is 1. The maximum Gasteiger partial charge on any atom is 0.322 e. The molecule has 6 nitrogen and oxygen atoms in total. The molecule has 2 aromatic rings. The van der Waals surface area contributed by atoms with Gasteiger partial charge in [0.1, 0.15) is 5.69 Å². The van der Waals surface area contributed by atoms with E-state index < -0.39 is 0 Å². The summed E-state index contributed by atoms with van der Waals surface area (Å²) in [6.07, 6.45) is 2.56. The molecule has 0 atom stereocenters. The zero-order valence-corrected chi connectivity index (χ0v) is 13.8. The number of anilines is 1. The molecule has 2 heterocycles. The third kappa shape index (κ3) is 2.89. The number of hydrogen-bond donors (Lipinski definition) is 2. The summed E-state index contributed by atoms with van der Waals surface area (Å²) in [5.74, 6) is 0.220. The number of H-pyrrole nitrogens is 1. The van der Waals surface area contributed by atoms with Crippen LogP contribution >= 0.6 is 11.6 Å². The van der Waals surface area contributed by atoms with Crippen molar-refractivity contribution in [1.29, 1.82) is 0 Å². The lowest BCUT2D eigenvalue weighted by molar-refractivity contribution is 0.0960. The van der Waals surface area contributed by atoms with E-state index in [2.05, 4.69) is 15.5 Å². The number of rotatable bonds is 3. The van der Waals surface area contributed by atoms with Crippen molar-refractivity contribution < 1.29 is 9.59 Å². The summed E-state index contributed by atoms with van der Waals surface area (Å²) in [6, 6.07) is 6.84. The van der Waals surface area contributed by atoms with E-state index in [1.165, 1.54) is 0 Å². The predicted octanol–water partition coefficient (Wildman–Crippen LogP) is 3.25. The first-order valence-electron chi connectivity index (χ1n) is 8.03. The molecule has 0 unspecified atom stereocenters. The molecule has 0 radical (unpaired) electrons. The molecule has 4 rings (SSSR count). The number of benzene rings is 1. The predicted molar refractivity (Wildman–Crippen MR) is 90.2 cm³/mol. The van der Waals surface area contributed by atoms with Crippen molar-refractivity contribution in [2.45, 2.75) is 25.8 Å². The number of fused-ring (bicyclic) bond motifs is 1. The van der Waals surface area contributed by atoms with Gasteiger partial charge < -0.3 is 10.2 Å². The highest BCUT2D eigenvalue weighted by molar-refractivity contribution is 6.30. The quantitative estimate of drug-likeness (QED) is 0.839. The Labute approximate surface area is 144 Å². The number of aromatic amines is 1. The zero-order valence-electron chi connectivity index (χ0n) is 13.0. The lowest BCUT2D eigenvalue weighted by atomic mass is 10.0. The molecule has 1 aliphatic heterocycles. The van der Waals surface area contributed by atoms with Crippen LogP contribution in [0.5, 0.6) is 0 Å². The van der Waals surface area contributed by atoms with E-state index in [0.29, 0.717) is 35.9 Å². The van der Waals surface area contributed by atoms with Crippen molar-refractivity contribution in [1.82, 2.24) is 15.1 Å². The normalized spacial score (nSPS) is 16.6. The van der Waals surface area contributed by atoms with E-state index in [0.717, 1.165) is 24.1 Å². The highest BCUT2D eigenvalue weighted by atomic mass is 35.5. The molecule has 0 spiro atoms. The Kier molecular flexibility index (Phi) is 3.76. The molecule has 1 fully saturated rings. The molecule has 1 saturated carbocycles. The number of nitrogens with one attached hydrogen (secondary N) is 2. The maximum atomic E-state index is 12.5. The lowest BCUT2D eigenvalue weighted by Gasteiger charge is -2.27. The Morgan fingerprint density at radius 1 is 1.33 bits per heavy atom. The standard InChI is InChI=1S/C17H17ClN4O2/c18-11-2-1-3-12(8-11)19-17(24)22-7-6-14-13(9-22)15(21-20-14)16(23)10-4-5-10/h1-3,8,10H,4-7,9H2,(H,19,24)(H,20,21). The number of amides is 2. The summed E-state index contributed by atoms with van der Waals surface area (Å²) in [6.45, 7) is 0.977. The van der Waals surface area contributed by atoms with Gasteiger partial charge in [-0.05, 0) is 31.0 Å². The number of urea groups is 1. The zero-order chi connectivity index (χ0) is 16.7. The summed E-state index contributed by atoms with van der Waals surface area (Å²) in [4.78, 5) is 26.5. The molecule has 1 aliphatic carbocycles. The fourth-order valence-electron chi connectivity index (χ4n) is 2.98. The first-order valence-corrected chi connectivity index (χ1v) is 8.41. The molecule has 1 aromatic carbocycles. The highest BCUT2D eigenvalue weighted by Gasteiger charge is 2.35. The largest absolute Gasteiger partial charge is 0.322 e. The Hall–Kier alpha value is -2.34. The fraction of sp³-hybridized carbons (Fsp3) is 0.353. The van der Waals surface area contributed by atoms with Gasteiger partial charge in [-0.2, -0.15) is 5.10 Å². The molecule has 1 aromatic heterocycles. The van der Waals surface area contributed by atoms with E-state index in [1.54, 1.807) is 29.2 Å². The molecule has 2 aliphatic rings. The Balaban J connectivity index is 1.50. The van der Waals surface area contributed by atoms with Gasteiger partial charge in [0.25, 0.3) is 0 Å². The highest BCUT2D eigenvalue weighted by Crippen LogP contribution is 2.34. The van der Waals surface area contributed by atoms with Gasteiger partial charge in [-0.25, -0.2) is 4.79 Å². The lowest BCUT2D eigenvalue weighted by Crippen LogP contribution is -2.39. The van der Waals surface area contributed by atoms with Crippen molar-refractivity contribution in [3.05, 3.63) is 46.2 Å². The summed E-state index contributed by atoms with van der Waals surface area (Å²) >= 11 is 5.94. The van der Waals surface area contributed by atoms with Gasteiger partial charge in [0.15, 0.2) is 5.78 Å². The van der Waals surface area contributed by atoms with Crippen LogP contribution in [0.1, 0.15) is 34.6 Å². The van der Waals surface area contributed by atoms with Crippen molar-refractivity contribution >= 4 is 29.1 Å². The number of nitrogens with zero attached hydrogens (tertiary/aromatic N) is 2. The summed E-state index contributed by atoms with van der Waals surface area (Å²) in [5, 5.41) is 10.6. The van der Waals surface area contributed by atoms with Gasteiger partial charge in [-0.1, -0.05) is 17.7 Å². The molecule has 2 N–H and O–H groups in total. The van der Waals surface area contributed by atoms with Crippen LogP contribution in [0.25, 0.3) is 0 Å². The Morgan fingerprint density at radius 2 is 2.17 bits per heavy atom. The summed E-state index contributed by atoms with van der Waals surface area (Å²) in [7, 11) is 0. The average molecular weight is 345 g/mol. The molecule has 124 valence electrons. The topological polar surface area (TPSA) is 78.1 Å². The van der Waals surface area contributed by atoms with Crippen molar-refractivity contribution in [3.8, 4) is 0 Å². The van der Waals surface area contributed by atoms with Crippen LogP contribution in [-0.4, -0.2) is 33.5 Å². The number of ketones is 1. The van der Waals surface area contributed by atoms with E-state index in [4.69, 9.17) is 11.6 Å². The van der Waals surface area contributed by atoms with Crippen molar-refractivity contribution in [3.63, 3.8) is 0 Å². The van der Waals surface area contributed by atoms with Crippen LogP contribution < -0.4 is 5.32 Å². The van der Waals surface area contributed by atoms with Crippen molar-refractivity contribution in [2.24, 2.45) is 5.92 Å². The van der Waals surface area contributed by atoms with E-state index in [-0.39, 0.29) is 17.7 Å². The van der Waals surface area contributed by atoms with Gasteiger partial charge in [0.05, 0.1) is 6.54 Å². The number of carbonyl (C=O) groups is 2. The molecule has 24 heavy (non-hydrogen) atoms. The number of halogens is 1. The minimum Gasteiger partial charge on any atom is -0.320 e. The third-order valence-corrected chi connectivity index (χ3v) is 4.71. The second-order valence-corrected chi connectivity index (χ2v) is 6.72. The van der Waals surface area contributed by atoms with E-state index in [1.807, 2.05) is 0 Å². The number of aromatic nitrogens is 2. The second kappa shape index (κ2) is 5.94. The first kappa shape index (κ1) is 15.2. The minimum absolute atomic E-state index is 0.101. The monoisotopic (exact) mass is 344 g/mol. The Bertz CT molecular complexity index is 813. The van der Waals surface area contributed by atoms with Crippen LogP contribution in [0, 0.1) is 5.92 Å². The van der Waals surface area contributed by atoms with Gasteiger partial charge in [0.2, 0.25) is 0 Å². The number of carbonyl (C=O) groups excluding carboxylic acids is 2. The van der Waals surface area contributed by atoms with Gasteiger partial charge in [0, 0.05) is 40.9 Å². The smallest absolute Gasteiger partial charge is 0.320 e. The van der Waals surface area contributed by atoms with Gasteiger partial charge in [-0.3, -0.25) is 9.89 Å². The molecule has 0 bridgehead atoms.